The first-order valence-electron chi connectivity index (χ1n) is 7.83. The molecule has 6 nitrogen and oxygen atoms in total. The van der Waals surface area contributed by atoms with Crippen molar-refractivity contribution in [1.29, 1.82) is 0 Å². The third-order valence-electron chi connectivity index (χ3n) is 3.85. The number of nitrogens with zero attached hydrogens (tertiary/aromatic N) is 1. The second-order valence-corrected chi connectivity index (χ2v) is 6.42. The SMILES string of the molecule is CC(C)(CO)NC(=O)C1CCCN1C(=O)OCc1ccccc1. The zero-order valence-corrected chi connectivity index (χ0v) is 13.6. The Kier molecular flexibility index (Phi) is 5.60. The molecule has 0 radical (unpaired) electrons. The highest BCUT2D eigenvalue weighted by atomic mass is 16.6. The number of aliphatic hydroxyl groups excluding tert-OH is 1. The largest absolute Gasteiger partial charge is 0.445 e. The number of likely N-dealkylation sites (tertiary alicyclic amines) is 1. The molecular formula is C17H24N2O4. The fraction of sp³-hybridized carbons (Fsp3) is 0.529. The van der Waals surface area contributed by atoms with Gasteiger partial charge in [-0.05, 0) is 32.3 Å². The molecule has 0 spiro atoms. The Bertz CT molecular complexity index is 545. The number of hydrogen-bond donors (Lipinski definition) is 2. The van der Waals surface area contributed by atoms with Gasteiger partial charge in [-0.2, -0.15) is 0 Å². The Hall–Kier alpha value is -2.08. The maximum atomic E-state index is 12.3. The lowest BCUT2D eigenvalue weighted by Crippen LogP contribution is -2.54. The Morgan fingerprint density at radius 3 is 2.70 bits per heavy atom. The molecule has 1 aliphatic heterocycles. The van der Waals surface area contributed by atoms with Crippen molar-refractivity contribution in [3.63, 3.8) is 0 Å². The summed E-state index contributed by atoms with van der Waals surface area (Å²) in [4.78, 5) is 26.0. The molecule has 0 aliphatic carbocycles. The molecule has 1 fully saturated rings. The lowest BCUT2D eigenvalue weighted by molar-refractivity contribution is -0.127. The van der Waals surface area contributed by atoms with Crippen LogP contribution in [0.3, 0.4) is 0 Å². The van der Waals surface area contributed by atoms with Crippen LogP contribution < -0.4 is 5.32 Å². The highest BCUT2D eigenvalue weighted by Crippen LogP contribution is 2.20. The Morgan fingerprint density at radius 1 is 1.35 bits per heavy atom. The van der Waals surface area contributed by atoms with Crippen molar-refractivity contribution >= 4 is 12.0 Å². The molecule has 126 valence electrons. The van der Waals surface area contributed by atoms with Crippen LogP contribution in [-0.4, -0.2) is 46.7 Å². The van der Waals surface area contributed by atoms with Crippen LogP contribution >= 0.6 is 0 Å². The summed E-state index contributed by atoms with van der Waals surface area (Å²) in [7, 11) is 0. The summed E-state index contributed by atoms with van der Waals surface area (Å²) in [5.41, 5.74) is 0.196. The van der Waals surface area contributed by atoms with Crippen molar-refractivity contribution in [1.82, 2.24) is 10.2 Å². The monoisotopic (exact) mass is 320 g/mol. The van der Waals surface area contributed by atoms with Crippen LogP contribution in [0.15, 0.2) is 30.3 Å². The van der Waals surface area contributed by atoms with E-state index in [4.69, 9.17) is 4.74 Å². The van der Waals surface area contributed by atoms with E-state index in [0.29, 0.717) is 13.0 Å². The molecule has 0 bridgehead atoms. The highest BCUT2D eigenvalue weighted by Gasteiger charge is 2.36. The van der Waals surface area contributed by atoms with Gasteiger partial charge in [0.1, 0.15) is 12.6 Å². The summed E-state index contributed by atoms with van der Waals surface area (Å²) in [6, 6.07) is 8.88. The standard InChI is InChI=1S/C17H24N2O4/c1-17(2,12-20)18-15(21)14-9-6-10-19(14)16(22)23-11-13-7-4-3-5-8-13/h3-5,7-8,14,20H,6,9-12H2,1-2H3,(H,18,21). The topological polar surface area (TPSA) is 78.9 Å². The van der Waals surface area contributed by atoms with Gasteiger partial charge < -0.3 is 15.2 Å². The number of carbonyl (C=O) groups is 2. The van der Waals surface area contributed by atoms with Crippen LogP contribution in [0, 0.1) is 0 Å². The number of amides is 2. The van der Waals surface area contributed by atoms with E-state index in [9.17, 15) is 14.7 Å². The van der Waals surface area contributed by atoms with E-state index in [-0.39, 0.29) is 19.1 Å². The van der Waals surface area contributed by atoms with Gasteiger partial charge in [0, 0.05) is 6.54 Å². The lowest BCUT2D eigenvalue weighted by Gasteiger charge is -2.29. The van der Waals surface area contributed by atoms with Crippen molar-refractivity contribution in [3.8, 4) is 0 Å². The molecule has 6 heteroatoms. The van der Waals surface area contributed by atoms with Gasteiger partial charge in [-0.25, -0.2) is 4.79 Å². The molecular weight excluding hydrogens is 296 g/mol. The molecule has 0 aromatic heterocycles. The van der Waals surface area contributed by atoms with Crippen LogP contribution in [0.4, 0.5) is 4.79 Å². The van der Waals surface area contributed by atoms with Crippen LogP contribution in [-0.2, 0) is 16.1 Å². The molecule has 2 rings (SSSR count). The van der Waals surface area contributed by atoms with Crippen LogP contribution in [0.25, 0.3) is 0 Å². The molecule has 1 aromatic rings. The van der Waals surface area contributed by atoms with Crippen LogP contribution in [0.5, 0.6) is 0 Å². The third-order valence-corrected chi connectivity index (χ3v) is 3.85. The average Bonchev–Trinajstić information content (AvgIpc) is 3.03. The van der Waals surface area contributed by atoms with Gasteiger partial charge in [0.05, 0.1) is 12.1 Å². The number of benzene rings is 1. The zero-order chi connectivity index (χ0) is 16.9. The number of nitrogens with one attached hydrogen (secondary N) is 1. The van der Waals surface area contributed by atoms with Gasteiger partial charge in [0.15, 0.2) is 0 Å². The van der Waals surface area contributed by atoms with Crippen molar-refractivity contribution in [2.45, 2.75) is 44.9 Å². The Morgan fingerprint density at radius 2 is 2.04 bits per heavy atom. The van der Waals surface area contributed by atoms with Crippen molar-refractivity contribution in [3.05, 3.63) is 35.9 Å². The smallest absolute Gasteiger partial charge is 0.410 e. The fourth-order valence-electron chi connectivity index (χ4n) is 2.52. The number of aliphatic hydroxyl groups is 1. The molecule has 0 saturated carbocycles. The first kappa shape index (κ1) is 17.3. The number of carbonyl (C=O) groups excluding carboxylic acids is 2. The molecule has 1 saturated heterocycles. The molecule has 2 N–H and O–H groups in total. The fourth-order valence-corrected chi connectivity index (χ4v) is 2.52. The van der Waals surface area contributed by atoms with Gasteiger partial charge in [-0.1, -0.05) is 30.3 Å². The molecule has 1 heterocycles. The van der Waals surface area contributed by atoms with E-state index in [2.05, 4.69) is 5.32 Å². The second-order valence-electron chi connectivity index (χ2n) is 6.42. The van der Waals surface area contributed by atoms with Gasteiger partial charge >= 0.3 is 6.09 Å². The minimum absolute atomic E-state index is 0.163. The minimum Gasteiger partial charge on any atom is -0.445 e. The van der Waals surface area contributed by atoms with Gasteiger partial charge in [-0.3, -0.25) is 9.69 Å². The maximum Gasteiger partial charge on any atom is 0.410 e. The van der Waals surface area contributed by atoms with Crippen LogP contribution in [0.1, 0.15) is 32.3 Å². The van der Waals surface area contributed by atoms with E-state index in [0.717, 1.165) is 12.0 Å². The minimum atomic E-state index is -0.709. The van der Waals surface area contributed by atoms with Crippen molar-refractivity contribution in [2.75, 3.05) is 13.2 Å². The summed E-state index contributed by atoms with van der Waals surface area (Å²) in [5.74, 6) is -0.252. The van der Waals surface area contributed by atoms with E-state index in [1.807, 2.05) is 30.3 Å². The predicted octanol–water partition coefficient (Wildman–Crippen LogP) is 1.67. The Labute approximate surface area is 136 Å². The number of rotatable bonds is 5. The average molecular weight is 320 g/mol. The van der Waals surface area contributed by atoms with Crippen LogP contribution in [0.2, 0.25) is 0 Å². The summed E-state index contributed by atoms with van der Waals surface area (Å²) in [6.07, 6.45) is 0.889. The molecule has 1 aromatic carbocycles. The van der Waals surface area contributed by atoms with Gasteiger partial charge in [0.2, 0.25) is 5.91 Å². The summed E-state index contributed by atoms with van der Waals surface area (Å²) in [5, 5.41) is 12.0. The number of ether oxygens (including phenoxy) is 1. The van der Waals surface area contributed by atoms with E-state index >= 15 is 0 Å². The molecule has 1 unspecified atom stereocenters. The van der Waals surface area contributed by atoms with Crippen molar-refractivity contribution in [2.24, 2.45) is 0 Å². The quantitative estimate of drug-likeness (QED) is 0.865. The second kappa shape index (κ2) is 7.46. The van der Waals surface area contributed by atoms with Crippen molar-refractivity contribution < 1.29 is 19.4 Å². The summed E-state index contributed by atoms with van der Waals surface area (Å²) in [6.45, 7) is 4.00. The predicted molar refractivity (Wildman–Crippen MR) is 85.7 cm³/mol. The first-order chi connectivity index (χ1) is 10.9. The summed E-state index contributed by atoms with van der Waals surface area (Å²) >= 11 is 0. The van der Waals surface area contributed by atoms with E-state index in [1.54, 1.807) is 13.8 Å². The molecule has 23 heavy (non-hydrogen) atoms. The molecule has 1 atom stereocenters. The van der Waals surface area contributed by atoms with E-state index < -0.39 is 17.7 Å². The van der Waals surface area contributed by atoms with Gasteiger partial charge in [-0.15, -0.1) is 0 Å². The lowest BCUT2D eigenvalue weighted by atomic mass is 10.1. The van der Waals surface area contributed by atoms with E-state index in [1.165, 1.54) is 4.90 Å². The highest BCUT2D eigenvalue weighted by molar-refractivity contribution is 5.86. The third kappa shape index (κ3) is 4.69. The first-order valence-corrected chi connectivity index (χ1v) is 7.83. The Balaban J connectivity index is 1.92. The van der Waals surface area contributed by atoms with Gasteiger partial charge in [0.25, 0.3) is 0 Å². The number of hydrogen-bond acceptors (Lipinski definition) is 4. The molecule has 2 amide bonds. The molecule has 1 aliphatic rings. The maximum absolute atomic E-state index is 12.3. The normalized spacial score (nSPS) is 17.9. The summed E-state index contributed by atoms with van der Waals surface area (Å²) < 4.78 is 5.31. The zero-order valence-electron chi connectivity index (χ0n) is 13.6.